The third kappa shape index (κ3) is 4.81. The Bertz CT molecular complexity index is 570. The second kappa shape index (κ2) is 6.20. The lowest BCUT2D eigenvalue weighted by Crippen LogP contribution is -2.20. The van der Waals surface area contributed by atoms with Crippen LogP contribution in [0.15, 0.2) is 48.5 Å². The quantitative estimate of drug-likeness (QED) is 0.794. The third-order valence-corrected chi connectivity index (χ3v) is 3.20. The number of anilines is 1. The van der Waals surface area contributed by atoms with Gasteiger partial charge in [-0.2, -0.15) is 13.2 Å². The Hall–Kier alpha value is -1.97. The minimum Gasteiger partial charge on any atom is -0.378 e. The van der Waals surface area contributed by atoms with E-state index in [9.17, 15) is 13.2 Å². The van der Waals surface area contributed by atoms with E-state index in [1.807, 2.05) is 32.0 Å². The first kappa shape index (κ1) is 15.4. The average molecular weight is 293 g/mol. The number of halogens is 3. The molecule has 1 unspecified atom stereocenters. The zero-order chi connectivity index (χ0) is 15.5. The predicted octanol–water partition coefficient (Wildman–Crippen LogP) is 5.41. The third-order valence-electron chi connectivity index (χ3n) is 3.20. The maximum Gasteiger partial charge on any atom is 0.391 e. The number of benzene rings is 2. The Morgan fingerprint density at radius 1 is 0.952 bits per heavy atom. The Kier molecular flexibility index (Phi) is 4.56. The highest BCUT2D eigenvalue weighted by Gasteiger charge is 2.32. The summed E-state index contributed by atoms with van der Waals surface area (Å²) < 4.78 is 38.4. The van der Waals surface area contributed by atoms with Gasteiger partial charge in [0.15, 0.2) is 0 Å². The lowest BCUT2D eigenvalue weighted by molar-refractivity contribution is -0.137. The second-order valence-corrected chi connectivity index (χ2v) is 5.30. The van der Waals surface area contributed by atoms with Crippen molar-refractivity contribution in [1.82, 2.24) is 0 Å². The molecule has 2 aromatic carbocycles. The van der Waals surface area contributed by atoms with E-state index in [4.69, 9.17) is 0 Å². The first-order valence-corrected chi connectivity index (χ1v) is 6.80. The van der Waals surface area contributed by atoms with Gasteiger partial charge in [-0.25, -0.2) is 0 Å². The van der Waals surface area contributed by atoms with Crippen molar-refractivity contribution in [3.63, 3.8) is 0 Å². The van der Waals surface area contributed by atoms with Crippen molar-refractivity contribution in [2.75, 3.05) is 5.32 Å². The molecule has 0 aliphatic carbocycles. The average Bonchev–Trinajstić information content (AvgIpc) is 2.36. The molecule has 0 radical (unpaired) electrons. The molecular formula is C17H18F3N. The molecule has 0 aliphatic rings. The number of hydrogen-bond acceptors (Lipinski definition) is 1. The van der Waals surface area contributed by atoms with Crippen LogP contribution < -0.4 is 5.32 Å². The van der Waals surface area contributed by atoms with E-state index in [-0.39, 0.29) is 0 Å². The summed E-state index contributed by atoms with van der Waals surface area (Å²) in [5.41, 5.74) is 3.40. The topological polar surface area (TPSA) is 12.0 Å². The molecular weight excluding hydrogens is 275 g/mol. The minimum absolute atomic E-state index is 0.633. The number of rotatable bonds is 4. The van der Waals surface area contributed by atoms with Gasteiger partial charge in [-0.05, 0) is 42.7 Å². The standard InChI is InChI=1S/C17H18F3N/c1-12-8-13(2)10-15(9-12)21-16(11-17(18,19)20)14-6-4-3-5-7-14/h3-10,16,21H,11H2,1-2H3. The fraction of sp³-hybridized carbons (Fsp3) is 0.294. The molecule has 2 rings (SSSR count). The summed E-state index contributed by atoms with van der Waals surface area (Å²) in [4.78, 5) is 0. The molecule has 0 heterocycles. The molecule has 0 spiro atoms. The maximum absolute atomic E-state index is 12.8. The molecule has 21 heavy (non-hydrogen) atoms. The molecule has 0 bridgehead atoms. The highest BCUT2D eigenvalue weighted by Crippen LogP contribution is 2.32. The fourth-order valence-corrected chi connectivity index (χ4v) is 2.43. The summed E-state index contributed by atoms with van der Waals surface area (Å²) >= 11 is 0. The predicted molar refractivity (Wildman–Crippen MR) is 79.4 cm³/mol. The van der Waals surface area contributed by atoms with Gasteiger partial charge < -0.3 is 5.32 Å². The molecule has 1 N–H and O–H groups in total. The molecule has 0 fully saturated rings. The van der Waals surface area contributed by atoms with Crippen LogP contribution in [0.3, 0.4) is 0 Å². The summed E-state index contributed by atoms with van der Waals surface area (Å²) in [7, 11) is 0. The number of alkyl halides is 3. The summed E-state index contributed by atoms with van der Waals surface area (Å²) in [6.45, 7) is 3.86. The molecule has 0 saturated carbocycles. The minimum atomic E-state index is -4.22. The molecule has 2 aromatic rings. The zero-order valence-electron chi connectivity index (χ0n) is 12.0. The van der Waals surface area contributed by atoms with Crippen LogP contribution in [-0.4, -0.2) is 6.18 Å². The van der Waals surface area contributed by atoms with Crippen LogP contribution in [0.4, 0.5) is 18.9 Å². The maximum atomic E-state index is 12.8. The van der Waals surface area contributed by atoms with E-state index in [0.717, 1.165) is 11.1 Å². The highest BCUT2D eigenvalue weighted by molar-refractivity contribution is 5.50. The van der Waals surface area contributed by atoms with Crippen LogP contribution >= 0.6 is 0 Å². The normalized spacial score (nSPS) is 13.0. The molecule has 0 aromatic heterocycles. The smallest absolute Gasteiger partial charge is 0.378 e. The monoisotopic (exact) mass is 293 g/mol. The van der Waals surface area contributed by atoms with Gasteiger partial charge in [0.1, 0.15) is 0 Å². The van der Waals surface area contributed by atoms with Gasteiger partial charge in [0, 0.05) is 5.69 Å². The second-order valence-electron chi connectivity index (χ2n) is 5.30. The van der Waals surface area contributed by atoms with Gasteiger partial charge in [-0.15, -0.1) is 0 Å². The Labute approximate surface area is 122 Å². The van der Waals surface area contributed by atoms with Crippen molar-refractivity contribution in [1.29, 1.82) is 0 Å². The van der Waals surface area contributed by atoms with Gasteiger partial charge in [0.2, 0.25) is 0 Å². The summed E-state index contributed by atoms with van der Waals surface area (Å²) in [5.74, 6) is 0. The lowest BCUT2D eigenvalue weighted by atomic mass is 10.0. The Balaban J connectivity index is 2.27. The SMILES string of the molecule is Cc1cc(C)cc(NC(CC(F)(F)F)c2ccccc2)c1. The number of aryl methyl sites for hydroxylation is 2. The first-order valence-electron chi connectivity index (χ1n) is 6.80. The van der Waals surface area contributed by atoms with Gasteiger partial charge >= 0.3 is 6.18 Å². The fourth-order valence-electron chi connectivity index (χ4n) is 2.43. The Morgan fingerprint density at radius 2 is 1.52 bits per heavy atom. The largest absolute Gasteiger partial charge is 0.391 e. The van der Waals surface area contributed by atoms with Gasteiger partial charge in [-0.1, -0.05) is 36.4 Å². The molecule has 0 amide bonds. The van der Waals surface area contributed by atoms with Crippen molar-refractivity contribution in [2.24, 2.45) is 0 Å². The van der Waals surface area contributed by atoms with Crippen molar-refractivity contribution in [3.8, 4) is 0 Å². The molecule has 0 aliphatic heterocycles. The summed E-state index contributed by atoms with van der Waals surface area (Å²) in [6, 6.07) is 13.7. The van der Waals surface area contributed by atoms with E-state index in [0.29, 0.717) is 11.3 Å². The lowest BCUT2D eigenvalue weighted by Gasteiger charge is -2.22. The molecule has 112 valence electrons. The van der Waals surface area contributed by atoms with E-state index >= 15 is 0 Å². The highest BCUT2D eigenvalue weighted by atomic mass is 19.4. The molecule has 4 heteroatoms. The number of hydrogen-bond donors (Lipinski definition) is 1. The van der Waals surface area contributed by atoms with Crippen LogP contribution in [0.25, 0.3) is 0 Å². The van der Waals surface area contributed by atoms with Crippen LogP contribution in [0.1, 0.15) is 29.2 Å². The number of nitrogens with one attached hydrogen (secondary N) is 1. The zero-order valence-corrected chi connectivity index (χ0v) is 12.0. The summed E-state index contributed by atoms with van der Waals surface area (Å²) in [5, 5.41) is 3.01. The van der Waals surface area contributed by atoms with Crippen LogP contribution in [0.2, 0.25) is 0 Å². The van der Waals surface area contributed by atoms with Gasteiger partial charge in [0.05, 0.1) is 12.5 Å². The van der Waals surface area contributed by atoms with E-state index < -0.39 is 18.6 Å². The summed E-state index contributed by atoms with van der Waals surface area (Å²) in [6.07, 6.45) is -5.11. The van der Waals surface area contributed by atoms with E-state index in [2.05, 4.69) is 5.32 Å². The van der Waals surface area contributed by atoms with Crippen molar-refractivity contribution >= 4 is 5.69 Å². The van der Waals surface area contributed by atoms with Gasteiger partial charge in [-0.3, -0.25) is 0 Å². The molecule has 1 atom stereocenters. The van der Waals surface area contributed by atoms with Crippen LogP contribution in [0, 0.1) is 13.8 Å². The first-order chi connectivity index (χ1) is 9.83. The molecule has 1 nitrogen and oxygen atoms in total. The van der Waals surface area contributed by atoms with E-state index in [1.165, 1.54) is 0 Å². The van der Waals surface area contributed by atoms with Crippen LogP contribution in [0.5, 0.6) is 0 Å². The van der Waals surface area contributed by atoms with E-state index in [1.54, 1.807) is 30.3 Å². The van der Waals surface area contributed by atoms with Crippen molar-refractivity contribution in [3.05, 3.63) is 65.2 Å². The molecule has 0 saturated heterocycles. The van der Waals surface area contributed by atoms with Crippen molar-refractivity contribution in [2.45, 2.75) is 32.5 Å². The van der Waals surface area contributed by atoms with Crippen molar-refractivity contribution < 1.29 is 13.2 Å². The van der Waals surface area contributed by atoms with Gasteiger partial charge in [0.25, 0.3) is 0 Å². The Morgan fingerprint density at radius 3 is 2.05 bits per heavy atom. The van der Waals surface area contributed by atoms with Crippen LogP contribution in [-0.2, 0) is 0 Å².